The number of hydrogen-bond acceptors (Lipinski definition) is 3. The second kappa shape index (κ2) is 8.12. The van der Waals surface area contributed by atoms with Crippen molar-refractivity contribution in [2.45, 2.75) is 19.9 Å². The Morgan fingerprint density at radius 2 is 2.25 bits per heavy atom. The molecule has 3 N–H and O–H groups in total. The Morgan fingerprint density at radius 3 is 2.90 bits per heavy atom. The van der Waals surface area contributed by atoms with Crippen LogP contribution in [0, 0.1) is 23.1 Å². The lowest BCUT2D eigenvalue weighted by Crippen LogP contribution is -2.37. The molecule has 1 rings (SSSR count). The number of nitriles is 1. The van der Waals surface area contributed by atoms with Crippen LogP contribution >= 0.6 is 0 Å². The number of rotatable bonds is 6. The van der Waals surface area contributed by atoms with Gasteiger partial charge in [-0.25, -0.2) is 9.18 Å². The van der Waals surface area contributed by atoms with E-state index < -0.39 is 11.8 Å². The molecule has 0 fully saturated rings. The number of benzene rings is 1. The topological polar surface area (TPSA) is 85.2 Å². The summed E-state index contributed by atoms with van der Waals surface area (Å²) in [6.07, 6.45) is 0.610. The summed E-state index contributed by atoms with van der Waals surface area (Å²) in [6, 6.07) is 5.51. The minimum atomic E-state index is -0.460. The van der Waals surface area contributed by atoms with Gasteiger partial charge in [0.25, 0.3) is 0 Å². The van der Waals surface area contributed by atoms with Gasteiger partial charge in [-0.15, -0.1) is 0 Å². The Morgan fingerprint density at radius 1 is 1.50 bits per heavy atom. The van der Waals surface area contributed by atoms with Gasteiger partial charge in [0.05, 0.1) is 11.6 Å². The number of amides is 2. The Hall–Kier alpha value is -2.13. The normalized spacial score (nSPS) is 11.5. The van der Waals surface area contributed by atoms with E-state index >= 15 is 0 Å². The maximum absolute atomic E-state index is 13.5. The van der Waals surface area contributed by atoms with E-state index in [0.29, 0.717) is 18.5 Å². The fourth-order valence-corrected chi connectivity index (χ4v) is 1.61. The van der Waals surface area contributed by atoms with Gasteiger partial charge < -0.3 is 15.7 Å². The molecule has 0 saturated heterocycles. The van der Waals surface area contributed by atoms with Crippen LogP contribution in [0.1, 0.15) is 24.5 Å². The van der Waals surface area contributed by atoms with Crippen LogP contribution in [0.5, 0.6) is 0 Å². The van der Waals surface area contributed by atoms with Gasteiger partial charge in [0, 0.05) is 25.3 Å². The molecule has 6 heteroatoms. The molecule has 20 heavy (non-hydrogen) atoms. The first kappa shape index (κ1) is 15.9. The number of carbonyl (C=O) groups excluding carboxylic acids is 1. The molecule has 5 nitrogen and oxygen atoms in total. The molecule has 1 aromatic carbocycles. The minimum Gasteiger partial charge on any atom is -0.396 e. The van der Waals surface area contributed by atoms with Gasteiger partial charge in [-0.2, -0.15) is 5.26 Å². The number of urea groups is 1. The first-order valence-electron chi connectivity index (χ1n) is 6.38. The highest BCUT2D eigenvalue weighted by Gasteiger charge is 2.07. The van der Waals surface area contributed by atoms with Gasteiger partial charge >= 0.3 is 6.03 Å². The third-order valence-corrected chi connectivity index (χ3v) is 2.85. The fourth-order valence-electron chi connectivity index (χ4n) is 1.61. The maximum atomic E-state index is 13.5. The molecule has 108 valence electrons. The highest BCUT2D eigenvalue weighted by molar-refractivity contribution is 5.73. The summed E-state index contributed by atoms with van der Waals surface area (Å²) < 4.78 is 13.5. The van der Waals surface area contributed by atoms with E-state index in [1.165, 1.54) is 18.2 Å². The van der Waals surface area contributed by atoms with E-state index in [1.807, 2.05) is 13.0 Å². The number of aliphatic hydroxyl groups is 1. The number of halogens is 1. The van der Waals surface area contributed by atoms with Crippen molar-refractivity contribution in [1.82, 2.24) is 10.6 Å². The van der Waals surface area contributed by atoms with Crippen molar-refractivity contribution >= 4 is 6.03 Å². The molecule has 0 spiro atoms. The second-order valence-corrected chi connectivity index (χ2v) is 4.60. The lowest BCUT2D eigenvalue weighted by molar-refractivity contribution is 0.233. The fraction of sp³-hybridized carbons (Fsp3) is 0.429. The van der Waals surface area contributed by atoms with Gasteiger partial charge in [0.1, 0.15) is 5.82 Å². The molecule has 0 bridgehead atoms. The molecule has 0 aliphatic heterocycles. The monoisotopic (exact) mass is 279 g/mol. The van der Waals surface area contributed by atoms with Gasteiger partial charge in [-0.1, -0.05) is 6.92 Å². The maximum Gasteiger partial charge on any atom is 0.315 e. The smallest absolute Gasteiger partial charge is 0.315 e. The average Bonchev–Trinajstić information content (AvgIpc) is 2.44. The van der Waals surface area contributed by atoms with Crippen molar-refractivity contribution in [1.29, 1.82) is 5.26 Å². The largest absolute Gasteiger partial charge is 0.396 e. The Bertz CT molecular complexity index is 500. The zero-order valence-corrected chi connectivity index (χ0v) is 11.3. The standard InChI is InChI=1S/C14H18FN3O2/c1-10(4-5-19)8-17-14(20)18-9-12-6-11(7-16)2-3-13(12)15/h2-3,6,10,19H,4-5,8-9H2,1H3,(H2,17,18,20). The van der Waals surface area contributed by atoms with E-state index in [1.54, 1.807) is 0 Å². The van der Waals surface area contributed by atoms with Crippen LogP contribution in [-0.4, -0.2) is 24.3 Å². The molecule has 0 heterocycles. The third-order valence-electron chi connectivity index (χ3n) is 2.85. The molecule has 0 saturated carbocycles. The van der Waals surface area contributed by atoms with Crippen LogP contribution in [0.15, 0.2) is 18.2 Å². The van der Waals surface area contributed by atoms with Gasteiger partial charge in [-0.3, -0.25) is 0 Å². The lowest BCUT2D eigenvalue weighted by atomic mass is 10.1. The molecule has 0 aliphatic carbocycles. The number of aliphatic hydroxyl groups excluding tert-OH is 1. The van der Waals surface area contributed by atoms with Crippen molar-refractivity contribution in [2.75, 3.05) is 13.2 Å². The predicted molar refractivity (Wildman–Crippen MR) is 72.2 cm³/mol. The van der Waals surface area contributed by atoms with Crippen molar-refractivity contribution in [2.24, 2.45) is 5.92 Å². The predicted octanol–water partition coefficient (Wildman–Crippen LogP) is 1.52. The van der Waals surface area contributed by atoms with Gasteiger partial charge in [-0.05, 0) is 30.5 Å². The highest BCUT2D eigenvalue weighted by Crippen LogP contribution is 2.09. The van der Waals surface area contributed by atoms with E-state index in [-0.39, 0.29) is 24.6 Å². The number of nitrogens with zero attached hydrogens (tertiary/aromatic N) is 1. The van der Waals surface area contributed by atoms with E-state index in [4.69, 9.17) is 10.4 Å². The second-order valence-electron chi connectivity index (χ2n) is 4.60. The van der Waals surface area contributed by atoms with Gasteiger partial charge in [0.2, 0.25) is 0 Å². The van der Waals surface area contributed by atoms with Crippen LogP contribution in [-0.2, 0) is 6.54 Å². The summed E-state index contributed by atoms with van der Waals surface area (Å²) in [5.41, 5.74) is 0.614. The molecular weight excluding hydrogens is 261 g/mol. The SMILES string of the molecule is CC(CCO)CNC(=O)NCc1cc(C#N)ccc1F. The van der Waals surface area contributed by atoms with Crippen molar-refractivity contribution in [3.8, 4) is 6.07 Å². The summed E-state index contributed by atoms with van der Waals surface area (Å²) in [5.74, 6) is -0.289. The molecule has 2 amide bonds. The Balaban J connectivity index is 2.43. The zero-order chi connectivity index (χ0) is 15.0. The highest BCUT2D eigenvalue weighted by atomic mass is 19.1. The summed E-state index contributed by atoms with van der Waals surface area (Å²) in [7, 11) is 0. The van der Waals surface area contributed by atoms with E-state index in [9.17, 15) is 9.18 Å². The first-order chi connectivity index (χ1) is 9.56. The van der Waals surface area contributed by atoms with Crippen molar-refractivity contribution in [3.05, 3.63) is 35.1 Å². The van der Waals surface area contributed by atoms with Crippen LogP contribution < -0.4 is 10.6 Å². The number of carbonyl (C=O) groups is 1. The Kier molecular flexibility index (Phi) is 6.47. The van der Waals surface area contributed by atoms with Crippen LogP contribution in [0.3, 0.4) is 0 Å². The molecule has 1 aromatic rings. The summed E-state index contributed by atoms with van der Waals surface area (Å²) >= 11 is 0. The molecule has 0 aromatic heterocycles. The van der Waals surface area contributed by atoms with Crippen molar-refractivity contribution in [3.63, 3.8) is 0 Å². The van der Waals surface area contributed by atoms with Crippen LogP contribution in [0.2, 0.25) is 0 Å². The zero-order valence-electron chi connectivity index (χ0n) is 11.3. The Labute approximate surface area is 117 Å². The molecule has 1 atom stereocenters. The minimum absolute atomic E-state index is 0.0154. The van der Waals surface area contributed by atoms with Crippen LogP contribution in [0.25, 0.3) is 0 Å². The lowest BCUT2D eigenvalue weighted by Gasteiger charge is -2.12. The van der Waals surface area contributed by atoms with Crippen LogP contribution in [0.4, 0.5) is 9.18 Å². The summed E-state index contributed by atoms with van der Waals surface area (Å²) in [6.45, 7) is 2.44. The third kappa shape index (κ3) is 5.24. The van der Waals surface area contributed by atoms with E-state index in [0.717, 1.165) is 0 Å². The average molecular weight is 279 g/mol. The molecular formula is C14H18FN3O2. The number of hydrogen-bond donors (Lipinski definition) is 3. The van der Waals surface area contributed by atoms with E-state index in [2.05, 4.69) is 10.6 Å². The molecule has 0 aliphatic rings. The summed E-state index contributed by atoms with van der Waals surface area (Å²) in [5, 5.41) is 22.6. The first-order valence-corrected chi connectivity index (χ1v) is 6.38. The molecule has 0 radical (unpaired) electrons. The quantitative estimate of drug-likeness (QED) is 0.738. The number of nitrogens with one attached hydrogen (secondary N) is 2. The summed E-state index contributed by atoms with van der Waals surface area (Å²) in [4.78, 5) is 11.5. The van der Waals surface area contributed by atoms with Crippen molar-refractivity contribution < 1.29 is 14.3 Å². The molecule has 1 unspecified atom stereocenters. The van der Waals surface area contributed by atoms with Gasteiger partial charge in [0.15, 0.2) is 0 Å².